The zero-order chi connectivity index (χ0) is 24.1. The van der Waals surface area contributed by atoms with Gasteiger partial charge in [0.05, 0.1) is 23.0 Å². The minimum Gasteiger partial charge on any atom is -0.366 e. The third-order valence-corrected chi connectivity index (χ3v) is 5.67. The summed E-state index contributed by atoms with van der Waals surface area (Å²) in [6.07, 6.45) is 5.04. The van der Waals surface area contributed by atoms with Crippen molar-refractivity contribution in [3.05, 3.63) is 99.9 Å². The lowest BCUT2D eigenvalue weighted by Gasteiger charge is -2.13. The molecule has 3 aromatic heterocycles. The standard InChI is InChI=1S/C25H24BrN7O/c1-16-4-3-5-24(31-16)32-21(13-23(27)29-14-17-6-8-19(26)9-7-17)18-10-11-33-22(12-18)20(15-30-33)25(34)28-2/h3-13,15H,14H2,1-2H3,(H2,27,29)(H,28,34)(H,31,32)/b21-13-. The van der Waals surface area contributed by atoms with Gasteiger partial charge in [-0.3, -0.25) is 10.2 Å². The van der Waals surface area contributed by atoms with Crippen molar-refractivity contribution in [2.24, 2.45) is 0 Å². The number of hydrogen-bond acceptors (Lipinski definition) is 5. The Kier molecular flexibility index (Phi) is 7.03. The molecule has 0 unspecified atom stereocenters. The van der Waals surface area contributed by atoms with Gasteiger partial charge in [-0.15, -0.1) is 0 Å². The fraction of sp³-hybridized carbons (Fsp3) is 0.120. The highest BCUT2D eigenvalue weighted by atomic mass is 79.9. The van der Waals surface area contributed by atoms with Gasteiger partial charge in [-0.25, -0.2) is 9.50 Å². The number of pyridine rings is 2. The molecule has 3 heterocycles. The summed E-state index contributed by atoms with van der Waals surface area (Å²) in [7, 11) is 1.59. The molecule has 1 aromatic carbocycles. The van der Waals surface area contributed by atoms with Gasteiger partial charge < -0.3 is 16.0 Å². The molecule has 1 amide bonds. The van der Waals surface area contributed by atoms with Crippen molar-refractivity contribution in [3.63, 3.8) is 0 Å². The quantitative estimate of drug-likeness (QED) is 0.215. The summed E-state index contributed by atoms with van der Waals surface area (Å²) in [6, 6.07) is 17.4. The number of amidine groups is 1. The number of benzene rings is 1. The molecule has 0 bridgehead atoms. The van der Waals surface area contributed by atoms with Crippen LogP contribution in [0.15, 0.2) is 77.5 Å². The maximum absolute atomic E-state index is 12.3. The molecule has 0 radical (unpaired) electrons. The molecule has 0 saturated heterocycles. The van der Waals surface area contributed by atoms with Crippen molar-refractivity contribution in [2.45, 2.75) is 13.5 Å². The maximum atomic E-state index is 12.3. The van der Waals surface area contributed by atoms with E-state index in [4.69, 9.17) is 5.41 Å². The average Bonchev–Trinajstić information content (AvgIpc) is 3.26. The van der Waals surface area contributed by atoms with Crippen LogP contribution in [0.5, 0.6) is 0 Å². The van der Waals surface area contributed by atoms with E-state index in [9.17, 15) is 4.79 Å². The molecule has 0 aliphatic carbocycles. The highest BCUT2D eigenvalue weighted by molar-refractivity contribution is 9.10. The Morgan fingerprint density at radius 1 is 1.18 bits per heavy atom. The molecule has 0 aliphatic rings. The van der Waals surface area contributed by atoms with Crippen LogP contribution in [0.25, 0.3) is 11.2 Å². The van der Waals surface area contributed by atoms with Gasteiger partial charge in [0.1, 0.15) is 11.7 Å². The second-order valence-electron chi connectivity index (χ2n) is 7.62. The van der Waals surface area contributed by atoms with Gasteiger partial charge in [-0.1, -0.05) is 34.1 Å². The average molecular weight is 518 g/mol. The zero-order valence-corrected chi connectivity index (χ0v) is 20.3. The van der Waals surface area contributed by atoms with E-state index in [0.717, 1.165) is 21.3 Å². The van der Waals surface area contributed by atoms with Crippen LogP contribution in [0.3, 0.4) is 0 Å². The number of nitrogens with one attached hydrogen (secondary N) is 4. The summed E-state index contributed by atoms with van der Waals surface area (Å²) in [5, 5.41) is 21.9. The number of aromatic nitrogens is 3. The van der Waals surface area contributed by atoms with Crippen molar-refractivity contribution in [3.8, 4) is 0 Å². The van der Waals surface area contributed by atoms with Crippen LogP contribution in [0, 0.1) is 12.3 Å². The van der Waals surface area contributed by atoms with Crippen LogP contribution in [0.1, 0.15) is 27.2 Å². The van der Waals surface area contributed by atoms with Gasteiger partial charge in [0, 0.05) is 41.6 Å². The Balaban J connectivity index is 1.66. The summed E-state index contributed by atoms with van der Waals surface area (Å²) in [5.74, 6) is 0.680. The maximum Gasteiger partial charge on any atom is 0.254 e. The predicted octanol–water partition coefficient (Wildman–Crippen LogP) is 4.38. The molecule has 34 heavy (non-hydrogen) atoms. The first-order valence-corrected chi connectivity index (χ1v) is 11.4. The fourth-order valence-corrected chi connectivity index (χ4v) is 3.66. The molecule has 172 valence electrons. The summed E-state index contributed by atoms with van der Waals surface area (Å²) in [6.45, 7) is 2.44. The number of hydrogen-bond donors (Lipinski definition) is 4. The smallest absolute Gasteiger partial charge is 0.254 e. The molecular weight excluding hydrogens is 494 g/mol. The Morgan fingerprint density at radius 3 is 2.71 bits per heavy atom. The third-order valence-electron chi connectivity index (χ3n) is 5.14. The van der Waals surface area contributed by atoms with E-state index < -0.39 is 0 Å². The van der Waals surface area contributed by atoms with Crippen LogP contribution in [-0.2, 0) is 6.54 Å². The van der Waals surface area contributed by atoms with Gasteiger partial charge in [0.2, 0.25) is 0 Å². The van der Waals surface area contributed by atoms with Crippen LogP contribution in [0.2, 0.25) is 0 Å². The van der Waals surface area contributed by atoms with Gasteiger partial charge in [-0.2, -0.15) is 5.10 Å². The molecule has 0 spiro atoms. The summed E-state index contributed by atoms with van der Waals surface area (Å²) >= 11 is 3.44. The number of anilines is 1. The molecule has 0 atom stereocenters. The molecule has 4 aromatic rings. The van der Waals surface area contributed by atoms with Crippen molar-refractivity contribution in [1.82, 2.24) is 25.2 Å². The van der Waals surface area contributed by atoms with E-state index in [0.29, 0.717) is 29.1 Å². The van der Waals surface area contributed by atoms with Gasteiger partial charge in [-0.05, 0) is 48.9 Å². The normalized spacial score (nSPS) is 11.3. The predicted molar refractivity (Wildman–Crippen MR) is 138 cm³/mol. The fourth-order valence-electron chi connectivity index (χ4n) is 3.39. The number of fused-ring (bicyclic) bond motifs is 1. The van der Waals surface area contributed by atoms with E-state index in [1.54, 1.807) is 30.0 Å². The highest BCUT2D eigenvalue weighted by Gasteiger charge is 2.13. The van der Waals surface area contributed by atoms with E-state index in [1.165, 1.54) is 0 Å². The SMILES string of the molecule is CNC(=O)c1cnn2ccc(/C(=C/C(=N)NCc3ccc(Br)cc3)Nc3cccc(C)n3)cc12. The largest absolute Gasteiger partial charge is 0.366 e. The molecular formula is C25H24BrN7O. The van der Waals surface area contributed by atoms with E-state index in [1.807, 2.05) is 61.5 Å². The monoisotopic (exact) mass is 517 g/mol. The molecule has 0 saturated carbocycles. The Bertz CT molecular complexity index is 1380. The lowest BCUT2D eigenvalue weighted by molar-refractivity contribution is 0.0964. The van der Waals surface area contributed by atoms with Crippen LogP contribution in [0.4, 0.5) is 5.82 Å². The summed E-state index contributed by atoms with van der Waals surface area (Å²) in [4.78, 5) is 16.8. The van der Waals surface area contributed by atoms with Crippen LogP contribution < -0.4 is 16.0 Å². The Morgan fingerprint density at radius 2 is 1.97 bits per heavy atom. The first-order chi connectivity index (χ1) is 16.4. The lowest BCUT2D eigenvalue weighted by atomic mass is 10.1. The number of amides is 1. The molecule has 0 fully saturated rings. The zero-order valence-electron chi connectivity index (χ0n) is 18.8. The highest BCUT2D eigenvalue weighted by Crippen LogP contribution is 2.21. The number of rotatable bonds is 7. The number of carbonyl (C=O) groups excluding carboxylic acids is 1. The lowest BCUT2D eigenvalue weighted by Crippen LogP contribution is -2.21. The number of carbonyl (C=O) groups is 1. The number of nitrogens with zero attached hydrogens (tertiary/aromatic N) is 3. The number of aryl methyl sites for hydroxylation is 1. The van der Waals surface area contributed by atoms with Crippen molar-refractivity contribution < 1.29 is 4.79 Å². The molecule has 8 nitrogen and oxygen atoms in total. The minimum atomic E-state index is -0.213. The van der Waals surface area contributed by atoms with E-state index in [-0.39, 0.29) is 11.7 Å². The van der Waals surface area contributed by atoms with Gasteiger partial charge in [0.25, 0.3) is 5.91 Å². The van der Waals surface area contributed by atoms with Gasteiger partial charge in [0.15, 0.2) is 0 Å². The summed E-state index contributed by atoms with van der Waals surface area (Å²) in [5.41, 5.74) is 4.53. The molecule has 4 rings (SSSR count). The van der Waals surface area contributed by atoms with E-state index in [2.05, 4.69) is 42.0 Å². The second kappa shape index (κ2) is 10.3. The summed E-state index contributed by atoms with van der Waals surface area (Å²) < 4.78 is 2.66. The molecule has 4 N–H and O–H groups in total. The van der Waals surface area contributed by atoms with Crippen LogP contribution >= 0.6 is 15.9 Å². The van der Waals surface area contributed by atoms with Crippen LogP contribution in [-0.4, -0.2) is 33.4 Å². The number of halogens is 1. The first kappa shape index (κ1) is 23.2. The Hall–Kier alpha value is -3.98. The first-order valence-electron chi connectivity index (χ1n) is 10.6. The van der Waals surface area contributed by atoms with Crippen molar-refractivity contribution >= 4 is 44.7 Å². The van der Waals surface area contributed by atoms with Crippen molar-refractivity contribution in [2.75, 3.05) is 12.4 Å². The second-order valence-corrected chi connectivity index (χ2v) is 8.54. The molecule has 9 heteroatoms. The molecule has 0 aliphatic heterocycles. The topological polar surface area (TPSA) is 107 Å². The van der Waals surface area contributed by atoms with E-state index >= 15 is 0 Å². The van der Waals surface area contributed by atoms with Gasteiger partial charge >= 0.3 is 0 Å². The Labute approximate surface area is 205 Å². The minimum absolute atomic E-state index is 0.213. The van der Waals surface area contributed by atoms with Crippen molar-refractivity contribution in [1.29, 1.82) is 5.41 Å². The third kappa shape index (κ3) is 5.49.